The Balaban J connectivity index is 1.19. The second kappa shape index (κ2) is 7.38. The Morgan fingerprint density at radius 3 is 2.74 bits per heavy atom. The Kier molecular flexibility index (Phi) is 5.04. The maximum Gasteiger partial charge on any atom is 0.0959 e. The molecule has 0 unspecified atom stereocenters. The van der Waals surface area contributed by atoms with E-state index in [2.05, 4.69) is 31.8 Å². The molecule has 0 aromatic carbocycles. The molecule has 1 saturated heterocycles. The van der Waals surface area contributed by atoms with Gasteiger partial charge in [0.15, 0.2) is 0 Å². The van der Waals surface area contributed by atoms with Crippen LogP contribution in [0.4, 0.5) is 0 Å². The van der Waals surface area contributed by atoms with Crippen LogP contribution in [-0.2, 0) is 13.1 Å². The van der Waals surface area contributed by atoms with Crippen LogP contribution in [-0.4, -0.2) is 34.0 Å². The monoisotopic (exact) mass is 348 g/mol. The number of nitrogens with one attached hydrogen (secondary N) is 1. The first-order valence-corrected chi connectivity index (χ1v) is 10.4. The minimum Gasteiger partial charge on any atom is -0.309 e. The van der Waals surface area contributed by atoms with Gasteiger partial charge in [0.25, 0.3) is 0 Å². The number of nitrogens with zero attached hydrogens (tertiary/aromatic N) is 3. The third-order valence-electron chi connectivity index (χ3n) is 5.05. The Labute approximate surface area is 146 Å². The van der Waals surface area contributed by atoms with Gasteiger partial charge in [-0.3, -0.25) is 4.90 Å². The second-order valence-corrected chi connectivity index (χ2v) is 8.57. The van der Waals surface area contributed by atoms with Gasteiger partial charge in [0.2, 0.25) is 0 Å². The van der Waals surface area contributed by atoms with E-state index in [1.54, 1.807) is 11.3 Å². The van der Waals surface area contributed by atoms with Gasteiger partial charge in [-0.15, -0.1) is 22.7 Å². The van der Waals surface area contributed by atoms with Crippen molar-refractivity contribution in [1.29, 1.82) is 0 Å². The van der Waals surface area contributed by atoms with Crippen molar-refractivity contribution in [3.63, 3.8) is 0 Å². The minimum atomic E-state index is 0.649. The third-order valence-corrected chi connectivity index (χ3v) is 6.84. The van der Waals surface area contributed by atoms with E-state index < -0.39 is 0 Å². The van der Waals surface area contributed by atoms with Gasteiger partial charge in [0, 0.05) is 54.6 Å². The normalized spacial score (nSPS) is 20.7. The number of piperidine rings is 1. The van der Waals surface area contributed by atoms with Crippen molar-refractivity contribution in [2.45, 2.75) is 57.2 Å². The molecule has 2 fully saturated rings. The van der Waals surface area contributed by atoms with E-state index in [9.17, 15) is 0 Å². The molecule has 4 rings (SSSR count). The predicted octanol–water partition coefficient (Wildman–Crippen LogP) is 3.62. The summed E-state index contributed by atoms with van der Waals surface area (Å²) < 4.78 is 0. The first-order chi connectivity index (χ1) is 11.4. The van der Waals surface area contributed by atoms with E-state index in [-0.39, 0.29) is 0 Å². The summed E-state index contributed by atoms with van der Waals surface area (Å²) in [7, 11) is 0. The van der Waals surface area contributed by atoms with E-state index in [0.29, 0.717) is 6.04 Å². The topological polar surface area (TPSA) is 41.1 Å². The van der Waals surface area contributed by atoms with Crippen LogP contribution in [0.3, 0.4) is 0 Å². The van der Waals surface area contributed by atoms with Gasteiger partial charge in [0.05, 0.1) is 16.2 Å². The molecule has 0 atom stereocenters. The molecule has 4 nitrogen and oxygen atoms in total. The summed E-state index contributed by atoms with van der Waals surface area (Å²) in [6.07, 6.45) is 8.63. The fraction of sp³-hybridized carbons (Fsp3) is 0.647. The van der Waals surface area contributed by atoms with E-state index in [4.69, 9.17) is 0 Å². The van der Waals surface area contributed by atoms with Crippen LogP contribution in [0.1, 0.15) is 53.6 Å². The third kappa shape index (κ3) is 3.99. The Bertz CT molecular complexity index is 598. The van der Waals surface area contributed by atoms with Crippen molar-refractivity contribution in [3.8, 4) is 0 Å². The van der Waals surface area contributed by atoms with Gasteiger partial charge < -0.3 is 5.32 Å². The van der Waals surface area contributed by atoms with Crippen molar-refractivity contribution in [2.75, 3.05) is 13.1 Å². The molecular formula is C17H24N4S2. The van der Waals surface area contributed by atoms with Crippen LogP contribution in [0.25, 0.3) is 0 Å². The zero-order valence-electron chi connectivity index (χ0n) is 13.4. The highest BCUT2D eigenvalue weighted by molar-refractivity contribution is 7.11. The van der Waals surface area contributed by atoms with Crippen LogP contribution < -0.4 is 5.32 Å². The zero-order valence-corrected chi connectivity index (χ0v) is 15.0. The van der Waals surface area contributed by atoms with Crippen molar-refractivity contribution in [2.24, 2.45) is 0 Å². The number of hydrogen-bond donors (Lipinski definition) is 1. The molecule has 2 aromatic heterocycles. The number of aromatic nitrogens is 2. The van der Waals surface area contributed by atoms with E-state index in [1.165, 1.54) is 60.8 Å². The summed E-state index contributed by atoms with van der Waals surface area (Å²) >= 11 is 3.61. The molecule has 3 heterocycles. The van der Waals surface area contributed by atoms with Gasteiger partial charge >= 0.3 is 0 Å². The highest BCUT2D eigenvalue weighted by atomic mass is 32.1. The molecule has 0 amide bonds. The molecule has 0 radical (unpaired) electrons. The SMILES string of the molecule is c1nc(CN2CCC(NCc3cnc(C4CCC4)s3)CC2)cs1. The van der Waals surface area contributed by atoms with Crippen LogP contribution in [0, 0.1) is 0 Å². The molecule has 1 aliphatic heterocycles. The molecule has 124 valence electrons. The van der Waals surface area contributed by atoms with Crippen LogP contribution in [0.5, 0.6) is 0 Å². The second-order valence-electron chi connectivity index (χ2n) is 6.70. The van der Waals surface area contributed by atoms with E-state index >= 15 is 0 Å². The first-order valence-electron chi connectivity index (χ1n) is 8.64. The lowest BCUT2D eigenvalue weighted by Crippen LogP contribution is -2.41. The van der Waals surface area contributed by atoms with E-state index in [0.717, 1.165) is 19.0 Å². The number of likely N-dealkylation sites (tertiary alicyclic amines) is 1. The minimum absolute atomic E-state index is 0.649. The molecule has 2 aromatic rings. The summed E-state index contributed by atoms with van der Waals surface area (Å²) in [6.45, 7) is 4.34. The molecule has 1 N–H and O–H groups in total. The standard InChI is InChI=1S/C17H24N4S2/c1-2-13(3-1)17-19-9-16(23-17)8-18-14-4-6-21(7-5-14)10-15-11-22-12-20-15/h9,11-14,18H,1-8,10H2. The molecule has 23 heavy (non-hydrogen) atoms. The Morgan fingerprint density at radius 2 is 2.04 bits per heavy atom. The lowest BCUT2D eigenvalue weighted by molar-refractivity contribution is 0.188. The molecule has 1 aliphatic carbocycles. The Morgan fingerprint density at radius 1 is 1.17 bits per heavy atom. The van der Waals surface area contributed by atoms with Gasteiger partial charge in [-0.1, -0.05) is 6.42 Å². The first kappa shape index (κ1) is 15.7. The van der Waals surface area contributed by atoms with Gasteiger partial charge in [0.1, 0.15) is 0 Å². The van der Waals surface area contributed by atoms with Crippen molar-refractivity contribution < 1.29 is 0 Å². The number of hydrogen-bond acceptors (Lipinski definition) is 6. The van der Waals surface area contributed by atoms with Crippen molar-refractivity contribution in [3.05, 3.63) is 32.7 Å². The molecule has 2 aliphatic rings. The largest absolute Gasteiger partial charge is 0.309 e. The number of rotatable bonds is 6. The molecule has 0 bridgehead atoms. The lowest BCUT2D eigenvalue weighted by Gasteiger charge is -2.31. The fourth-order valence-corrected chi connectivity index (χ4v) is 4.92. The number of thiazole rings is 2. The summed E-state index contributed by atoms with van der Waals surface area (Å²) in [5.74, 6) is 0.766. The van der Waals surface area contributed by atoms with Crippen LogP contribution >= 0.6 is 22.7 Å². The summed E-state index contributed by atoms with van der Waals surface area (Å²) in [6, 6.07) is 0.649. The highest BCUT2D eigenvalue weighted by Crippen LogP contribution is 2.38. The maximum absolute atomic E-state index is 4.62. The maximum atomic E-state index is 4.62. The van der Waals surface area contributed by atoms with Gasteiger partial charge in [-0.05, 0) is 25.7 Å². The zero-order chi connectivity index (χ0) is 15.5. The highest BCUT2D eigenvalue weighted by Gasteiger charge is 2.23. The molecule has 6 heteroatoms. The van der Waals surface area contributed by atoms with Gasteiger partial charge in [-0.2, -0.15) is 0 Å². The van der Waals surface area contributed by atoms with Crippen molar-refractivity contribution in [1.82, 2.24) is 20.2 Å². The smallest absolute Gasteiger partial charge is 0.0959 e. The average molecular weight is 349 g/mol. The lowest BCUT2D eigenvalue weighted by atomic mass is 9.86. The van der Waals surface area contributed by atoms with Crippen LogP contribution in [0.2, 0.25) is 0 Å². The summed E-state index contributed by atoms with van der Waals surface area (Å²) in [4.78, 5) is 12.9. The van der Waals surface area contributed by atoms with Crippen LogP contribution in [0.15, 0.2) is 17.1 Å². The average Bonchev–Trinajstić information content (AvgIpc) is 3.17. The predicted molar refractivity (Wildman–Crippen MR) is 96.0 cm³/mol. The Hall–Kier alpha value is -0.820. The summed E-state index contributed by atoms with van der Waals surface area (Å²) in [5, 5.41) is 7.26. The molecule has 0 spiro atoms. The fourth-order valence-electron chi connectivity index (χ4n) is 3.33. The summed E-state index contributed by atoms with van der Waals surface area (Å²) in [5.41, 5.74) is 3.14. The molecule has 1 saturated carbocycles. The van der Waals surface area contributed by atoms with Gasteiger partial charge in [-0.25, -0.2) is 9.97 Å². The van der Waals surface area contributed by atoms with Crippen molar-refractivity contribution >= 4 is 22.7 Å². The molecular weight excluding hydrogens is 324 g/mol. The van der Waals surface area contributed by atoms with E-state index in [1.807, 2.05) is 16.8 Å². The quantitative estimate of drug-likeness (QED) is 0.866.